The highest BCUT2D eigenvalue weighted by atomic mass is 16.6. The zero-order chi connectivity index (χ0) is 20.6. The van der Waals surface area contributed by atoms with Crippen LogP contribution in [0.5, 0.6) is 0 Å². The minimum absolute atomic E-state index is 0.00663. The van der Waals surface area contributed by atoms with Gasteiger partial charge in [-0.3, -0.25) is 4.90 Å². The van der Waals surface area contributed by atoms with E-state index in [4.69, 9.17) is 4.84 Å². The van der Waals surface area contributed by atoms with Crippen molar-refractivity contribution >= 4 is 5.71 Å². The van der Waals surface area contributed by atoms with Crippen LogP contribution in [-0.4, -0.2) is 41.0 Å². The molecule has 0 bridgehead atoms. The van der Waals surface area contributed by atoms with Crippen LogP contribution in [0.25, 0.3) is 0 Å². The molecule has 0 saturated heterocycles. The summed E-state index contributed by atoms with van der Waals surface area (Å²) < 4.78 is 0. The van der Waals surface area contributed by atoms with Gasteiger partial charge in [-0.2, -0.15) is 0 Å². The molecule has 1 aliphatic heterocycles. The van der Waals surface area contributed by atoms with Gasteiger partial charge in [0.05, 0.1) is 11.8 Å². The molecule has 30 heavy (non-hydrogen) atoms. The second-order valence-corrected chi connectivity index (χ2v) is 7.86. The van der Waals surface area contributed by atoms with Crippen molar-refractivity contribution in [2.75, 3.05) is 13.1 Å². The summed E-state index contributed by atoms with van der Waals surface area (Å²) >= 11 is 0. The predicted octanol–water partition coefficient (Wildman–Crippen LogP) is 4.29. The molecule has 0 spiro atoms. The van der Waals surface area contributed by atoms with Crippen molar-refractivity contribution in [2.24, 2.45) is 5.16 Å². The number of hydrogen-bond acceptors (Lipinski definition) is 4. The SMILES string of the molecule is O[C@@H](Cc1ccccc1)CN(Cc1ccccc1)C[C@@H]1CC(c2ccccc2)=NO1. The summed E-state index contributed by atoms with van der Waals surface area (Å²) in [5.74, 6) is 0. The lowest BCUT2D eigenvalue weighted by Gasteiger charge is -2.27. The van der Waals surface area contributed by atoms with Crippen molar-refractivity contribution in [1.82, 2.24) is 4.90 Å². The van der Waals surface area contributed by atoms with Crippen molar-refractivity contribution in [1.29, 1.82) is 0 Å². The predicted molar refractivity (Wildman–Crippen MR) is 120 cm³/mol. The van der Waals surface area contributed by atoms with Gasteiger partial charge >= 0.3 is 0 Å². The van der Waals surface area contributed by atoms with E-state index < -0.39 is 6.10 Å². The van der Waals surface area contributed by atoms with Crippen LogP contribution in [0.1, 0.15) is 23.1 Å². The Bertz CT molecular complexity index is 929. The van der Waals surface area contributed by atoms with Gasteiger partial charge in [0.25, 0.3) is 0 Å². The third kappa shape index (κ3) is 5.78. The summed E-state index contributed by atoms with van der Waals surface area (Å²) in [7, 11) is 0. The van der Waals surface area contributed by atoms with Crippen molar-refractivity contribution in [3.05, 3.63) is 108 Å². The first-order valence-corrected chi connectivity index (χ1v) is 10.5. The summed E-state index contributed by atoms with van der Waals surface area (Å²) in [6.07, 6.45) is 0.980. The minimum atomic E-state index is -0.438. The Kier molecular flexibility index (Phi) is 6.91. The van der Waals surface area contributed by atoms with Crippen LogP contribution < -0.4 is 0 Å². The Hall–Kier alpha value is -2.95. The maximum absolute atomic E-state index is 10.7. The molecular formula is C26H28N2O2. The first-order chi connectivity index (χ1) is 14.8. The molecule has 0 saturated carbocycles. The highest BCUT2D eigenvalue weighted by Crippen LogP contribution is 2.19. The smallest absolute Gasteiger partial charge is 0.145 e. The number of nitrogens with zero attached hydrogens (tertiary/aromatic N) is 2. The molecule has 0 aliphatic carbocycles. The molecule has 1 aliphatic rings. The van der Waals surface area contributed by atoms with Gasteiger partial charge in [0.15, 0.2) is 0 Å². The fourth-order valence-corrected chi connectivity index (χ4v) is 3.91. The quantitative estimate of drug-likeness (QED) is 0.583. The summed E-state index contributed by atoms with van der Waals surface area (Å²) in [6.45, 7) is 2.08. The highest BCUT2D eigenvalue weighted by molar-refractivity contribution is 6.01. The summed E-state index contributed by atoms with van der Waals surface area (Å²) in [5, 5.41) is 15.1. The molecule has 4 rings (SSSR count). The van der Waals surface area contributed by atoms with Crippen LogP contribution >= 0.6 is 0 Å². The molecule has 0 amide bonds. The second-order valence-electron chi connectivity index (χ2n) is 7.86. The molecule has 1 N–H and O–H groups in total. The molecule has 4 heteroatoms. The van der Waals surface area contributed by atoms with Gasteiger partial charge in [0, 0.05) is 26.1 Å². The Morgan fingerprint density at radius 3 is 2.13 bits per heavy atom. The third-order valence-corrected chi connectivity index (χ3v) is 5.33. The van der Waals surface area contributed by atoms with Crippen LogP contribution in [0.4, 0.5) is 0 Å². The lowest BCUT2D eigenvalue weighted by molar-refractivity contribution is 0.0322. The molecule has 2 atom stereocenters. The maximum Gasteiger partial charge on any atom is 0.145 e. The molecule has 3 aromatic carbocycles. The van der Waals surface area contributed by atoms with E-state index in [0.29, 0.717) is 13.0 Å². The van der Waals surface area contributed by atoms with Gasteiger partial charge in [-0.05, 0) is 23.1 Å². The Labute approximate surface area is 178 Å². The largest absolute Gasteiger partial charge is 0.391 e. The molecular weight excluding hydrogens is 372 g/mol. The van der Waals surface area contributed by atoms with E-state index in [9.17, 15) is 5.11 Å². The van der Waals surface area contributed by atoms with E-state index in [1.54, 1.807) is 0 Å². The van der Waals surface area contributed by atoms with Crippen molar-refractivity contribution < 1.29 is 9.94 Å². The Balaban J connectivity index is 1.39. The lowest BCUT2D eigenvalue weighted by atomic mass is 10.0. The molecule has 4 nitrogen and oxygen atoms in total. The number of oxime groups is 1. The first-order valence-electron chi connectivity index (χ1n) is 10.5. The van der Waals surface area contributed by atoms with Crippen molar-refractivity contribution in [3.8, 4) is 0 Å². The lowest BCUT2D eigenvalue weighted by Crippen LogP contribution is -2.38. The van der Waals surface area contributed by atoms with Gasteiger partial charge in [-0.15, -0.1) is 0 Å². The molecule has 3 aromatic rings. The van der Waals surface area contributed by atoms with E-state index in [-0.39, 0.29) is 6.10 Å². The average molecular weight is 401 g/mol. The van der Waals surface area contributed by atoms with Gasteiger partial charge in [-0.25, -0.2) is 0 Å². The maximum atomic E-state index is 10.7. The highest BCUT2D eigenvalue weighted by Gasteiger charge is 2.25. The molecule has 0 radical (unpaired) electrons. The second kappa shape index (κ2) is 10.2. The number of hydrogen-bond donors (Lipinski definition) is 1. The van der Waals surface area contributed by atoms with Crippen LogP contribution in [0, 0.1) is 0 Å². The summed E-state index contributed by atoms with van der Waals surface area (Å²) in [6, 6.07) is 30.7. The average Bonchev–Trinajstić information content (AvgIpc) is 3.24. The van der Waals surface area contributed by atoms with E-state index in [1.165, 1.54) is 5.56 Å². The monoisotopic (exact) mass is 400 g/mol. The van der Waals surface area contributed by atoms with Crippen LogP contribution in [0.15, 0.2) is 96.2 Å². The van der Waals surface area contributed by atoms with Crippen LogP contribution in [-0.2, 0) is 17.8 Å². The fraction of sp³-hybridized carbons (Fsp3) is 0.269. The minimum Gasteiger partial charge on any atom is -0.391 e. The van der Waals surface area contributed by atoms with Crippen molar-refractivity contribution in [3.63, 3.8) is 0 Å². The Morgan fingerprint density at radius 2 is 1.47 bits per heavy atom. The van der Waals surface area contributed by atoms with Gasteiger partial charge in [-0.1, -0.05) is 96.2 Å². The zero-order valence-corrected chi connectivity index (χ0v) is 17.1. The zero-order valence-electron chi connectivity index (χ0n) is 17.1. The normalized spacial score (nSPS) is 16.9. The molecule has 0 fully saturated rings. The van der Waals surface area contributed by atoms with Crippen molar-refractivity contribution in [2.45, 2.75) is 31.6 Å². The van der Waals surface area contributed by atoms with E-state index in [2.05, 4.69) is 58.6 Å². The summed E-state index contributed by atoms with van der Waals surface area (Å²) in [5.41, 5.74) is 4.48. The number of rotatable bonds is 9. The fourth-order valence-electron chi connectivity index (χ4n) is 3.91. The Morgan fingerprint density at radius 1 is 0.867 bits per heavy atom. The summed E-state index contributed by atoms with van der Waals surface area (Å²) in [4.78, 5) is 8.03. The van der Waals surface area contributed by atoms with Crippen LogP contribution in [0.2, 0.25) is 0 Å². The molecule has 0 aromatic heterocycles. The molecule has 154 valence electrons. The van der Waals surface area contributed by atoms with Gasteiger partial charge < -0.3 is 9.94 Å². The van der Waals surface area contributed by atoms with Gasteiger partial charge in [0.1, 0.15) is 6.10 Å². The molecule has 0 unspecified atom stereocenters. The first kappa shape index (κ1) is 20.3. The van der Waals surface area contributed by atoms with Crippen LogP contribution in [0.3, 0.4) is 0 Å². The standard InChI is InChI=1S/C26H28N2O2/c29-24(16-21-10-4-1-5-11-21)19-28(18-22-12-6-2-7-13-22)20-25-17-26(27-30-25)23-14-8-3-9-15-23/h1-15,24-25,29H,16-20H2/t24-,25-/m0/s1. The number of benzene rings is 3. The topological polar surface area (TPSA) is 45.1 Å². The van der Waals surface area contributed by atoms with E-state index >= 15 is 0 Å². The number of aliphatic hydroxyl groups excluding tert-OH is 1. The third-order valence-electron chi connectivity index (χ3n) is 5.33. The van der Waals surface area contributed by atoms with Gasteiger partial charge in [0.2, 0.25) is 0 Å². The van der Waals surface area contributed by atoms with E-state index in [0.717, 1.165) is 36.3 Å². The van der Waals surface area contributed by atoms with E-state index in [1.807, 2.05) is 42.5 Å². The molecule has 1 heterocycles. The number of aliphatic hydroxyl groups is 1.